The highest BCUT2D eigenvalue weighted by atomic mass is 16.3. The third-order valence-electron chi connectivity index (χ3n) is 2.79. The van der Waals surface area contributed by atoms with Crippen LogP contribution in [0.5, 0.6) is 0 Å². The summed E-state index contributed by atoms with van der Waals surface area (Å²) in [6, 6.07) is 0. The van der Waals surface area contributed by atoms with Crippen molar-refractivity contribution in [2.75, 3.05) is 6.54 Å². The zero-order valence-electron chi connectivity index (χ0n) is 5.56. The Morgan fingerprint density at radius 1 is 1.33 bits per heavy atom. The number of hydrogen-bond donors (Lipinski definition) is 2. The van der Waals surface area contributed by atoms with Gasteiger partial charge in [-0.05, 0) is 37.6 Å². The van der Waals surface area contributed by atoms with Crippen LogP contribution in [0.2, 0.25) is 0 Å². The molecule has 2 heteroatoms. The molecule has 52 valence electrons. The van der Waals surface area contributed by atoms with Gasteiger partial charge in [-0.2, -0.15) is 0 Å². The molecule has 0 unspecified atom stereocenters. The Morgan fingerprint density at radius 3 is 2.22 bits per heavy atom. The van der Waals surface area contributed by atoms with Crippen LogP contribution in [-0.2, 0) is 0 Å². The summed E-state index contributed by atoms with van der Waals surface area (Å²) in [4.78, 5) is 0. The van der Waals surface area contributed by atoms with Crippen molar-refractivity contribution in [3.05, 3.63) is 0 Å². The molecule has 0 radical (unpaired) electrons. The number of aliphatic hydroxyl groups is 1. The summed E-state index contributed by atoms with van der Waals surface area (Å²) in [6.45, 7) is 0.788. The van der Waals surface area contributed by atoms with Crippen molar-refractivity contribution in [1.29, 1.82) is 0 Å². The maximum absolute atomic E-state index is 9.33. The molecule has 0 heterocycles. The van der Waals surface area contributed by atoms with E-state index in [0.717, 1.165) is 32.2 Å². The first-order valence-electron chi connectivity index (χ1n) is 3.61. The topological polar surface area (TPSA) is 46.2 Å². The van der Waals surface area contributed by atoms with Gasteiger partial charge >= 0.3 is 0 Å². The predicted molar refractivity (Wildman–Crippen MR) is 34.9 cm³/mol. The van der Waals surface area contributed by atoms with Crippen LogP contribution in [0.1, 0.15) is 25.7 Å². The van der Waals surface area contributed by atoms with Gasteiger partial charge in [0, 0.05) is 0 Å². The molecule has 0 aromatic rings. The summed E-state index contributed by atoms with van der Waals surface area (Å²) in [7, 11) is 0. The van der Waals surface area contributed by atoms with Crippen LogP contribution in [0, 0.1) is 5.41 Å². The fourth-order valence-electron chi connectivity index (χ4n) is 2.51. The smallest absolute Gasteiger partial charge is 0.0663 e. The molecular formula is C7H13NO. The fourth-order valence-corrected chi connectivity index (χ4v) is 2.51. The molecule has 0 atom stereocenters. The Balaban J connectivity index is 1.90. The molecule has 3 aliphatic rings. The van der Waals surface area contributed by atoms with Gasteiger partial charge in [0.1, 0.15) is 0 Å². The minimum atomic E-state index is -0.227. The van der Waals surface area contributed by atoms with Gasteiger partial charge < -0.3 is 10.8 Å². The molecule has 0 aromatic carbocycles. The molecule has 0 saturated heterocycles. The average Bonchev–Trinajstić information content (AvgIpc) is 1.60. The maximum Gasteiger partial charge on any atom is 0.0663 e. The van der Waals surface area contributed by atoms with Crippen molar-refractivity contribution in [3.8, 4) is 0 Å². The Hall–Kier alpha value is -0.0800. The molecule has 9 heavy (non-hydrogen) atoms. The third kappa shape index (κ3) is 0.578. The lowest BCUT2D eigenvalue weighted by atomic mass is 9.40. The van der Waals surface area contributed by atoms with E-state index in [-0.39, 0.29) is 5.60 Å². The van der Waals surface area contributed by atoms with Crippen LogP contribution in [-0.4, -0.2) is 17.3 Å². The Morgan fingerprint density at radius 2 is 1.89 bits per heavy atom. The summed E-state index contributed by atoms with van der Waals surface area (Å²) < 4.78 is 0. The molecule has 0 aromatic heterocycles. The van der Waals surface area contributed by atoms with Crippen molar-refractivity contribution >= 4 is 0 Å². The van der Waals surface area contributed by atoms with Gasteiger partial charge in [0.2, 0.25) is 0 Å². The summed E-state index contributed by atoms with van der Waals surface area (Å²) in [5.41, 5.74) is 5.69. The number of nitrogens with two attached hydrogens (primary N) is 1. The van der Waals surface area contributed by atoms with E-state index >= 15 is 0 Å². The van der Waals surface area contributed by atoms with Crippen LogP contribution in [0.3, 0.4) is 0 Å². The first-order chi connectivity index (χ1) is 4.18. The average molecular weight is 127 g/mol. The summed E-state index contributed by atoms with van der Waals surface area (Å²) in [5, 5.41) is 9.33. The van der Waals surface area contributed by atoms with Crippen LogP contribution in [0.25, 0.3) is 0 Å². The Bertz CT molecular complexity index is 118. The second-order valence-electron chi connectivity index (χ2n) is 3.79. The van der Waals surface area contributed by atoms with E-state index in [4.69, 9.17) is 5.73 Å². The zero-order valence-corrected chi connectivity index (χ0v) is 5.56. The molecule has 3 aliphatic carbocycles. The highest BCUT2D eigenvalue weighted by molar-refractivity contribution is 5.18. The van der Waals surface area contributed by atoms with Gasteiger partial charge in [-0.25, -0.2) is 0 Å². The van der Waals surface area contributed by atoms with E-state index in [1.165, 1.54) is 0 Å². The molecule has 0 aliphatic heterocycles. The summed E-state index contributed by atoms with van der Waals surface area (Å²) in [5.74, 6) is 0. The van der Waals surface area contributed by atoms with Crippen LogP contribution < -0.4 is 5.73 Å². The minimum absolute atomic E-state index is 0.227. The van der Waals surface area contributed by atoms with Crippen molar-refractivity contribution in [3.63, 3.8) is 0 Å². The summed E-state index contributed by atoms with van der Waals surface area (Å²) in [6.07, 6.45) is 4.20. The lowest BCUT2D eigenvalue weighted by molar-refractivity contribution is -0.261. The molecule has 3 fully saturated rings. The van der Waals surface area contributed by atoms with Crippen LogP contribution in [0.4, 0.5) is 0 Å². The van der Waals surface area contributed by atoms with E-state index < -0.39 is 0 Å². The summed E-state index contributed by atoms with van der Waals surface area (Å²) >= 11 is 0. The van der Waals surface area contributed by atoms with Gasteiger partial charge in [0.25, 0.3) is 0 Å². The van der Waals surface area contributed by atoms with E-state index in [1.54, 1.807) is 0 Å². The molecule has 3 saturated carbocycles. The Kier molecular flexibility index (Phi) is 0.837. The van der Waals surface area contributed by atoms with Gasteiger partial charge in [0.05, 0.1) is 5.60 Å². The molecule has 3 rings (SSSR count). The van der Waals surface area contributed by atoms with Gasteiger partial charge in [-0.1, -0.05) is 0 Å². The van der Waals surface area contributed by atoms with Crippen LogP contribution >= 0.6 is 0 Å². The van der Waals surface area contributed by atoms with Crippen molar-refractivity contribution in [2.45, 2.75) is 31.3 Å². The lowest BCUT2D eigenvalue weighted by Gasteiger charge is -2.68. The highest BCUT2D eigenvalue weighted by Crippen LogP contribution is 2.68. The second-order valence-corrected chi connectivity index (χ2v) is 3.79. The van der Waals surface area contributed by atoms with E-state index in [0.29, 0.717) is 5.41 Å². The zero-order chi connectivity index (χ0) is 6.54. The maximum atomic E-state index is 9.33. The van der Waals surface area contributed by atoms with Crippen LogP contribution in [0.15, 0.2) is 0 Å². The number of hydrogen-bond acceptors (Lipinski definition) is 2. The minimum Gasteiger partial charge on any atom is -0.390 e. The SMILES string of the molecule is NCCC12CC(O)(C1)C2. The Labute approximate surface area is 55.1 Å². The first kappa shape index (κ1) is 5.69. The highest BCUT2D eigenvalue weighted by Gasteiger charge is 2.66. The standard InChI is InChI=1S/C7H13NO/c8-2-1-6-3-7(9,4-6)5-6/h9H,1-5,8H2. The monoisotopic (exact) mass is 127 g/mol. The predicted octanol–water partition coefficient (Wildman–Crippen LogP) is 0.250. The van der Waals surface area contributed by atoms with Crippen molar-refractivity contribution in [1.82, 2.24) is 0 Å². The van der Waals surface area contributed by atoms with Crippen molar-refractivity contribution < 1.29 is 5.11 Å². The quantitative estimate of drug-likeness (QED) is 0.558. The van der Waals surface area contributed by atoms with E-state index in [1.807, 2.05) is 0 Å². The third-order valence-corrected chi connectivity index (χ3v) is 2.79. The molecule has 3 N–H and O–H groups in total. The molecular weight excluding hydrogens is 114 g/mol. The van der Waals surface area contributed by atoms with E-state index in [9.17, 15) is 5.11 Å². The fraction of sp³-hybridized carbons (Fsp3) is 1.00. The molecule has 2 nitrogen and oxygen atoms in total. The second kappa shape index (κ2) is 1.32. The normalized spacial score (nSPS) is 54.0. The number of rotatable bonds is 2. The first-order valence-corrected chi connectivity index (χ1v) is 3.61. The van der Waals surface area contributed by atoms with Gasteiger partial charge in [-0.15, -0.1) is 0 Å². The molecule has 0 amide bonds. The van der Waals surface area contributed by atoms with E-state index in [2.05, 4.69) is 0 Å². The van der Waals surface area contributed by atoms with Crippen molar-refractivity contribution in [2.24, 2.45) is 11.1 Å². The lowest BCUT2D eigenvalue weighted by Crippen LogP contribution is -2.67. The van der Waals surface area contributed by atoms with Gasteiger partial charge in [0.15, 0.2) is 0 Å². The molecule has 2 bridgehead atoms. The molecule has 0 spiro atoms. The largest absolute Gasteiger partial charge is 0.390 e. The van der Waals surface area contributed by atoms with Gasteiger partial charge in [-0.3, -0.25) is 0 Å².